The Balaban J connectivity index is 2.47. The maximum absolute atomic E-state index is 13.7. The minimum atomic E-state index is -1.00. The van der Waals surface area contributed by atoms with Gasteiger partial charge in [0.25, 0.3) is 0 Å². The fourth-order valence-corrected chi connectivity index (χ4v) is 5.94. The molecule has 0 radical (unpaired) electrons. The Morgan fingerprint density at radius 3 is 1.80 bits per heavy atom. The van der Waals surface area contributed by atoms with Gasteiger partial charge in [0.05, 0.1) is 0 Å². The van der Waals surface area contributed by atoms with Gasteiger partial charge in [0.1, 0.15) is 0 Å². The molecule has 0 amide bonds. The van der Waals surface area contributed by atoms with Crippen LogP contribution >= 0.6 is 7.92 Å². The average Bonchev–Trinajstić information content (AvgIpc) is 2.58. The van der Waals surface area contributed by atoms with Crippen molar-refractivity contribution in [1.82, 2.24) is 0 Å². The molecule has 2 heteroatoms. The van der Waals surface area contributed by atoms with Gasteiger partial charge >= 0.3 is 0 Å². The molecule has 2 aromatic carbocycles. The number of aryl methyl sites for hydroxylation is 2. The molecular weight excluding hydrogens is 323 g/mol. The van der Waals surface area contributed by atoms with E-state index in [2.05, 4.69) is 83.1 Å². The van der Waals surface area contributed by atoms with Crippen LogP contribution in [0.3, 0.4) is 0 Å². The SMILES string of the molecule is CCCCCC(C)(C)C(=O)P(c1ccccc1C)c1ccccc1C. The maximum atomic E-state index is 13.7. The van der Waals surface area contributed by atoms with Crippen LogP contribution in [0.25, 0.3) is 0 Å². The van der Waals surface area contributed by atoms with E-state index in [4.69, 9.17) is 0 Å². The van der Waals surface area contributed by atoms with E-state index in [0.717, 1.165) is 12.8 Å². The van der Waals surface area contributed by atoms with Crippen LogP contribution in [0.4, 0.5) is 0 Å². The van der Waals surface area contributed by atoms with E-state index in [1.165, 1.54) is 34.6 Å². The smallest absolute Gasteiger partial charge is 0.168 e. The van der Waals surface area contributed by atoms with Gasteiger partial charge in [0, 0.05) is 13.3 Å². The van der Waals surface area contributed by atoms with E-state index in [1.807, 2.05) is 0 Å². The van der Waals surface area contributed by atoms with Crippen LogP contribution in [0.5, 0.6) is 0 Å². The summed E-state index contributed by atoms with van der Waals surface area (Å²) in [6.45, 7) is 10.7. The molecule has 0 unspecified atom stereocenters. The molecule has 2 rings (SSSR count). The Morgan fingerprint density at radius 1 is 0.880 bits per heavy atom. The lowest BCUT2D eigenvalue weighted by Crippen LogP contribution is -2.31. The van der Waals surface area contributed by atoms with Crippen molar-refractivity contribution in [2.75, 3.05) is 0 Å². The zero-order valence-electron chi connectivity index (χ0n) is 16.3. The fraction of sp³-hybridized carbons (Fsp3) is 0.435. The van der Waals surface area contributed by atoms with Gasteiger partial charge in [0.2, 0.25) is 0 Å². The standard InChI is InChI=1S/C23H31OP/c1-6-7-12-17-23(4,5)22(24)25(20-15-10-8-13-18(20)2)21-16-11-9-14-19(21)3/h8-11,13-16H,6-7,12,17H2,1-5H3. The highest BCUT2D eigenvalue weighted by Crippen LogP contribution is 2.45. The van der Waals surface area contributed by atoms with E-state index >= 15 is 0 Å². The summed E-state index contributed by atoms with van der Waals surface area (Å²) < 4.78 is 0. The molecule has 0 spiro atoms. The van der Waals surface area contributed by atoms with Crippen LogP contribution in [-0.2, 0) is 4.79 Å². The van der Waals surface area contributed by atoms with Crippen molar-refractivity contribution in [1.29, 1.82) is 0 Å². The van der Waals surface area contributed by atoms with Crippen LogP contribution in [-0.4, -0.2) is 5.52 Å². The number of rotatable bonds is 8. The van der Waals surface area contributed by atoms with Gasteiger partial charge < -0.3 is 0 Å². The number of carbonyl (C=O) groups excluding carboxylic acids is 1. The van der Waals surface area contributed by atoms with Crippen molar-refractivity contribution in [3.05, 3.63) is 59.7 Å². The van der Waals surface area contributed by atoms with Crippen LogP contribution < -0.4 is 10.6 Å². The number of hydrogen-bond acceptors (Lipinski definition) is 1. The molecule has 0 aromatic heterocycles. The van der Waals surface area contributed by atoms with Crippen LogP contribution in [0.1, 0.15) is 57.6 Å². The molecule has 0 saturated heterocycles. The number of hydrogen-bond donors (Lipinski definition) is 0. The summed E-state index contributed by atoms with van der Waals surface area (Å²) >= 11 is 0. The third-order valence-corrected chi connectivity index (χ3v) is 7.88. The van der Waals surface area contributed by atoms with Crippen LogP contribution in [0, 0.1) is 19.3 Å². The zero-order valence-corrected chi connectivity index (χ0v) is 17.2. The van der Waals surface area contributed by atoms with E-state index in [1.54, 1.807) is 0 Å². The van der Waals surface area contributed by atoms with E-state index in [-0.39, 0.29) is 5.41 Å². The van der Waals surface area contributed by atoms with E-state index in [9.17, 15) is 4.79 Å². The summed E-state index contributed by atoms with van der Waals surface area (Å²) in [5.74, 6) is 0. The first-order valence-electron chi connectivity index (χ1n) is 9.34. The van der Waals surface area contributed by atoms with Gasteiger partial charge in [0.15, 0.2) is 5.52 Å². The highest BCUT2D eigenvalue weighted by Gasteiger charge is 2.36. The molecule has 0 fully saturated rings. The highest BCUT2D eigenvalue weighted by molar-refractivity contribution is 7.88. The second-order valence-electron chi connectivity index (χ2n) is 7.55. The first kappa shape index (κ1) is 19.9. The molecule has 0 aliphatic heterocycles. The lowest BCUT2D eigenvalue weighted by atomic mass is 9.88. The summed E-state index contributed by atoms with van der Waals surface area (Å²) in [7, 11) is -1.00. The normalized spacial score (nSPS) is 11.8. The van der Waals surface area contributed by atoms with E-state index < -0.39 is 7.92 Å². The molecule has 2 aromatic rings. The molecule has 0 heterocycles. The van der Waals surface area contributed by atoms with Gasteiger partial charge in [-0.15, -0.1) is 0 Å². The summed E-state index contributed by atoms with van der Waals surface area (Å²) in [6.07, 6.45) is 4.48. The predicted molar refractivity (Wildman–Crippen MR) is 111 cm³/mol. The Labute approximate surface area is 154 Å². The predicted octanol–water partition coefficient (Wildman–Crippen LogP) is 5.87. The van der Waals surface area contributed by atoms with Crippen molar-refractivity contribution in [2.45, 2.75) is 60.3 Å². The first-order chi connectivity index (χ1) is 11.9. The molecule has 1 nitrogen and oxygen atoms in total. The second-order valence-corrected chi connectivity index (χ2v) is 9.60. The summed E-state index contributed by atoms with van der Waals surface area (Å²) in [6, 6.07) is 16.8. The molecule has 0 atom stereocenters. The average molecular weight is 354 g/mol. The van der Waals surface area contributed by atoms with Gasteiger partial charge in [-0.3, -0.25) is 4.79 Å². The topological polar surface area (TPSA) is 17.1 Å². The minimum Gasteiger partial charge on any atom is -0.293 e. The number of unbranched alkanes of at least 4 members (excludes halogenated alkanes) is 2. The Bertz CT molecular complexity index is 672. The summed E-state index contributed by atoms with van der Waals surface area (Å²) in [5, 5.41) is 2.42. The van der Waals surface area contributed by atoms with Gasteiger partial charge in [-0.1, -0.05) is 88.6 Å². The van der Waals surface area contributed by atoms with Crippen LogP contribution in [0.15, 0.2) is 48.5 Å². The lowest BCUT2D eigenvalue weighted by molar-refractivity contribution is -0.118. The van der Waals surface area contributed by atoms with Crippen LogP contribution in [0.2, 0.25) is 0 Å². The largest absolute Gasteiger partial charge is 0.293 e. The summed E-state index contributed by atoms with van der Waals surface area (Å²) in [4.78, 5) is 13.7. The quantitative estimate of drug-likeness (QED) is 0.428. The minimum absolute atomic E-state index is 0.286. The van der Waals surface area contributed by atoms with Gasteiger partial charge in [-0.25, -0.2) is 0 Å². The van der Waals surface area contributed by atoms with Crippen molar-refractivity contribution in [3.8, 4) is 0 Å². The summed E-state index contributed by atoms with van der Waals surface area (Å²) in [5.41, 5.74) is 2.55. The first-order valence-corrected chi connectivity index (χ1v) is 10.7. The van der Waals surface area contributed by atoms with Crippen molar-refractivity contribution >= 4 is 24.1 Å². The van der Waals surface area contributed by atoms with Crippen molar-refractivity contribution in [2.24, 2.45) is 5.41 Å². The number of benzene rings is 2. The molecule has 0 aliphatic rings. The molecule has 0 aliphatic carbocycles. The lowest BCUT2D eigenvalue weighted by Gasteiger charge is -2.30. The fourth-order valence-electron chi connectivity index (χ4n) is 3.20. The number of carbonyl (C=O) groups is 1. The molecule has 0 bridgehead atoms. The highest BCUT2D eigenvalue weighted by atomic mass is 31.1. The molecule has 0 saturated carbocycles. The monoisotopic (exact) mass is 354 g/mol. The Hall–Kier alpha value is -1.46. The third kappa shape index (κ3) is 4.79. The third-order valence-electron chi connectivity index (χ3n) is 4.90. The van der Waals surface area contributed by atoms with E-state index in [0.29, 0.717) is 5.52 Å². The maximum Gasteiger partial charge on any atom is 0.168 e. The van der Waals surface area contributed by atoms with Gasteiger partial charge in [-0.2, -0.15) is 0 Å². The van der Waals surface area contributed by atoms with Gasteiger partial charge in [-0.05, 0) is 42.0 Å². The zero-order chi connectivity index (χ0) is 18.4. The molecule has 25 heavy (non-hydrogen) atoms. The molecular formula is C23H31OP. The van der Waals surface area contributed by atoms with Crippen molar-refractivity contribution in [3.63, 3.8) is 0 Å². The molecule has 134 valence electrons. The Morgan fingerprint density at radius 2 is 1.36 bits per heavy atom. The second kappa shape index (κ2) is 8.77. The Kier molecular flexibility index (Phi) is 6.96. The van der Waals surface area contributed by atoms with Crippen molar-refractivity contribution < 1.29 is 4.79 Å². The molecule has 0 N–H and O–H groups in total.